The van der Waals surface area contributed by atoms with Crippen molar-refractivity contribution in [3.8, 4) is 0 Å². The van der Waals surface area contributed by atoms with Crippen LogP contribution in [0.2, 0.25) is 0 Å². The second-order valence-corrected chi connectivity index (χ2v) is 6.35. The molecule has 0 unspecified atom stereocenters. The van der Waals surface area contributed by atoms with Gasteiger partial charge in [0.1, 0.15) is 6.10 Å². The predicted octanol–water partition coefficient (Wildman–Crippen LogP) is 3.94. The lowest BCUT2D eigenvalue weighted by Gasteiger charge is -2.39. The van der Waals surface area contributed by atoms with Crippen molar-refractivity contribution in [3.63, 3.8) is 0 Å². The predicted molar refractivity (Wildman–Crippen MR) is 96.0 cm³/mol. The van der Waals surface area contributed by atoms with Crippen LogP contribution in [0, 0.1) is 0 Å². The minimum absolute atomic E-state index is 0.0209. The van der Waals surface area contributed by atoms with E-state index in [2.05, 4.69) is 24.3 Å². The van der Waals surface area contributed by atoms with Crippen molar-refractivity contribution >= 4 is 0 Å². The molecule has 134 valence electrons. The Morgan fingerprint density at radius 2 is 1.36 bits per heavy atom. The molecule has 0 radical (unpaired) electrons. The molecule has 1 aliphatic rings. The maximum absolute atomic E-state index is 6.10. The SMILES string of the molecule is CO[C@@H]1O[C@@H](C)[C@@H](OCc2ccccc2)C[C@@H]1OCc1ccccc1. The van der Waals surface area contributed by atoms with Crippen LogP contribution in [0.3, 0.4) is 0 Å². The van der Waals surface area contributed by atoms with Gasteiger partial charge in [0.05, 0.1) is 25.4 Å². The third-order valence-corrected chi connectivity index (χ3v) is 4.49. The third-order valence-electron chi connectivity index (χ3n) is 4.49. The minimum Gasteiger partial charge on any atom is -0.371 e. The monoisotopic (exact) mass is 342 g/mol. The van der Waals surface area contributed by atoms with Crippen molar-refractivity contribution in [2.75, 3.05) is 7.11 Å². The Morgan fingerprint density at radius 3 is 1.88 bits per heavy atom. The molecule has 4 nitrogen and oxygen atoms in total. The first-order chi connectivity index (χ1) is 12.3. The minimum atomic E-state index is -0.365. The van der Waals surface area contributed by atoms with Gasteiger partial charge in [0.25, 0.3) is 0 Å². The zero-order valence-corrected chi connectivity index (χ0v) is 14.8. The summed E-state index contributed by atoms with van der Waals surface area (Å²) < 4.78 is 23.6. The van der Waals surface area contributed by atoms with Crippen molar-refractivity contribution < 1.29 is 18.9 Å². The van der Waals surface area contributed by atoms with Gasteiger partial charge < -0.3 is 18.9 Å². The van der Waals surface area contributed by atoms with Gasteiger partial charge >= 0.3 is 0 Å². The summed E-state index contributed by atoms with van der Waals surface area (Å²) in [5.41, 5.74) is 2.29. The van der Waals surface area contributed by atoms with E-state index in [4.69, 9.17) is 18.9 Å². The Labute approximate surface area is 149 Å². The van der Waals surface area contributed by atoms with E-state index in [1.807, 2.05) is 43.3 Å². The first kappa shape index (κ1) is 18.1. The number of hydrogen-bond donors (Lipinski definition) is 0. The standard InChI is InChI=1S/C21H26O4/c1-16-19(23-14-17-9-5-3-6-10-17)13-20(21(22-2)25-16)24-15-18-11-7-4-8-12-18/h3-12,16,19-21H,13-15H2,1-2H3/t16-,19-,20-,21+/m0/s1. The highest BCUT2D eigenvalue weighted by Gasteiger charge is 2.37. The molecular weight excluding hydrogens is 316 g/mol. The van der Waals surface area contributed by atoms with Crippen LogP contribution < -0.4 is 0 Å². The molecule has 0 amide bonds. The molecular formula is C21H26O4. The first-order valence-corrected chi connectivity index (χ1v) is 8.75. The second-order valence-electron chi connectivity index (χ2n) is 6.35. The van der Waals surface area contributed by atoms with Crippen LogP contribution in [0.1, 0.15) is 24.5 Å². The van der Waals surface area contributed by atoms with Gasteiger partial charge in [0.15, 0.2) is 6.29 Å². The number of rotatable bonds is 7. The molecule has 0 spiro atoms. The fraction of sp³-hybridized carbons (Fsp3) is 0.429. The lowest BCUT2D eigenvalue weighted by Crippen LogP contribution is -2.48. The van der Waals surface area contributed by atoms with Crippen LogP contribution in [-0.2, 0) is 32.2 Å². The van der Waals surface area contributed by atoms with Crippen molar-refractivity contribution in [1.29, 1.82) is 0 Å². The number of hydrogen-bond acceptors (Lipinski definition) is 4. The molecule has 0 saturated carbocycles. The summed E-state index contributed by atoms with van der Waals surface area (Å²) in [7, 11) is 1.65. The van der Waals surface area contributed by atoms with E-state index in [1.54, 1.807) is 7.11 Å². The van der Waals surface area contributed by atoms with Gasteiger partial charge in [-0.2, -0.15) is 0 Å². The van der Waals surface area contributed by atoms with Gasteiger partial charge in [-0.15, -0.1) is 0 Å². The molecule has 2 aromatic rings. The van der Waals surface area contributed by atoms with Gasteiger partial charge in [0.2, 0.25) is 0 Å². The molecule has 1 fully saturated rings. The van der Waals surface area contributed by atoms with E-state index in [-0.39, 0.29) is 24.6 Å². The molecule has 1 saturated heterocycles. The zero-order valence-electron chi connectivity index (χ0n) is 14.8. The Kier molecular flexibility index (Phi) is 6.59. The Hall–Kier alpha value is -1.72. The molecule has 25 heavy (non-hydrogen) atoms. The molecule has 1 heterocycles. The van der Waals surface area contributed by atoms with Gasteiger partial charge in [0, 0.05) is 13.5 Å². The van der Waals surface area contributed by atoms with Crippen LogP contribution in [0.25, 0.3) is 0 Å². The summed E-state index contributed by atoms with van der Waals surface area (Å²) in [5, 5.41) is 0. The molecule has 0 bridgehead atoms. The summed E-state index contributed by atoms with van der Waals surface area (Å²) in [6.45, 7) is 3.13. The molecule has 0 aliphatic carbocycles. The van der Waals surface area contributed by atoms with Crippen molar-refractivity contribution in [2.45, 2.75) is 51.2 Å². The molecule has 4 heteroatoms. The average Bonchev–Trinajstić information content (AvgIpc) is 2.67. The van der Waals surface area contributed by atoms with Gasteiger partial charge in [-0.1, -0.05) is 60.7 Å². The summed E-state index contributed by atoms with van der Waals surface area (Å²) in [6, 6.07) is 20.3. The quantitative estimate of drug-likeness (QED) is 0.764. The van der Waals surface area contributed by atoms with Crippen LogP contribution in [0.5, 0.6) is 0 Å². The highest BCUT2D eigenvalue weighted by molar-refractivity contribution is 5.14. The van der Waals surface area contributed by atoms with Crippen LogP contribution in [0.4, 0.5) is 0 Å². The fourth-order valence-electron chi connectivity index (χ4n) is 3.03. The second kappa shape index (κ2) is 9.11. The van der Waals surface area contributed by atoms with Crippen molar-refractivity contribution in [3.05, 3.63) is 71.8 Å². The van der Waals surface area contributed by atoms with E-state index >= 15 is 0 Å². The van der Waals surface area contributed by atoms with Gasteiger partial charge in [-0.3, -0.25) is 0 Å². The van der Waals surface area contributed by atoms with Crippen LogP contribution in [-0.4, -0.2) is 31.7 Å². The van der Waals surface area contributed by atoms with Crippen LogP contribution >= 0.6 is 0 Å². The summed E-state index contributed by atoms with van der Waals surface area (Å²) >= 11 is 0. The first-order valence-electron chi connectivity index (χ1n) is 8.75. The highest BCUT2D eigenvalue weighted by Crippen LogP contribution is 2.27. The zero-order chi connectivity index (χ0) is 17.5. The van der Waals surface area contributed by atoms with E-state index < -0.39 is 0 Å². The molecule has 0 N–H and O–H groups in total. The van der Waals surface area contributed by atoms with Crippen LogP contribution in [0.15, 0.2) is 60.7 Å². The number of ether oxygens (including phenoxy) is 4. The third kappa shape index (κ3) is 5.13. The highest BCUT2D eigenvalue weighted by atomic mass is 16.7. The van der Waals surface area contributed by atoms with Crippen molar-refractivity contribution in [2.24, 2.45) is 0 Å². The van der Waals surface area contributed by atoms with E-state index in [0.29, 0.717) is 13.2 Å². The summed E-state index contributed by atoms with van der Waals surface area (Å²) in [5.74, 6) is 0. The van der Waals surface area contributed by atoms with E-state index in [0.717, 1.165) is 17.5 Å². The Balaban J connectivity index is 1.57. The Bertz CT molecular complexity index is 616. The maximum atomic E-state index is 6.10. The van der Waals surface area contributed by atoms with Crippen molar-refractivity contribution in [1.82, 2.24) is 0 Å². The van der Waals surface area contributed by atoms with Gasteiger partial charge in [-0.05, 0) is 18.1 Å². The largest absolute Gasteiger partial charge is 0.371 e. The molecule has 3 rings (SSSR count). The normalized spacial score (nSPS) is 26.5. The maximum Gasteiger partial charge on any atom is 0.183 e. The van der Waals surface area contributed by atoms with E-state index in [1.165, 1.54) is 0 Å². The summed E-state index contributed by atoms with van der Waals surface area (Å²) in [6.07, 6.45) is 0.175. The lowest BCUT2D eigenvalue weighted by molar-refractivity contribution is -0.271. The molecule has 0 aromatic heterocycles. The molecule has 2 aromatic carbocycles. The average molecular weight is 342 g/mol. The lowest BCUT2D eigenvalue weighted by atomic mass is 10.0. The van der Waals surface area contributed by atoms with E-state index in [9.17, 15) is 0 Å². The fourth-order valence-corrected chi connectivity index (χ4v) is 3.03. The molecule has 4 atom stereocenters. The smallest absolute Gasteiger partial charge is 0.183 e. The number of benzene rings is 2. The summed E-state index contributed by atoms with van der Waals surface area (Å²) in [4.78, 5) is 0. The Morgan fingerprint density at radius 1 is 0.840 bits per heavy atom. The number of methoxy groups -OCH3 is 1. The topological polar surface area (TPSA) is 36.9 Å². The van der Waals surface area contributed by atoms with Gasteiger partial charge in [-0.25, -0.2) is 0 Å². The molecule has 1 aliphatic heterocycles.